The summed E-state index contributed by atoms with van der Waals surface area (Å²) in [6.07, 6.45) is 1.52. The summed E-state index contributed by atoms with van der Waals surface area (Å²) in [5.41, 5.74) is 3.19. The zero-order chi connectivity index (χ0) is 14.4. The van der Waals surface area contributed by atoms with Crippen molar-refractivity contribution in [2.75, 3.05) is 14.2 Å². The Morgan fingerprint density at radius 3 is 2.80 bits per heavy atom. The average Bonchev–Trinajstić information content (AvgIpc) is 3.01. The molecule has 6 heteroatoms. The minimum Gasteiger partial charge on any atom is -0.497 e. The van der Waals surface area contributed by atoms with Gasteiger partial charge in [0.25, 0.3) is 5.91 Å². The molecule has 0 saturated heterocycles. The highest BCUT2D eigenvalue weighted by atomic mass is 32.1. The Morgan fingerprint density at radius 2 is 2.15 bits per heavy atom. The number of thiophene rings is 1. The number of nitrogens with zero attached hydrogens (tertiary/aromatic N) is 1. The molecule has 0 aliphatic carbocycles. The van der Waals surface area contributed by atoms with E-state index in [1.807, 2.05) is 11.4 Å². The van der Waals surface area contributed by atoms with Gasteiger partial charge in [0.2, 0.25) is 0 Å². The second-order valence-corrected chi connectivity index (χ2v) is 4.73. The number of carbonyl (C=O) groups excluding carboxylic acids is 1. The molecule has 5 nitrogen and oxygen atoms in total. The van der Waals surface area contributed by atoms with Crippen molar-refractivity contribution >= 4 is 23.5 Å². The van der Waals surface area contributed by atoms with Gasteiger partial charge < -0.3 is 9.47 Å². The standard InChI is InChI=1S/C14H14N2O3S/c1-18-11-5-6-12(19-2)10(8-11)9-15-16-14(17)13-4-3-7-20-13/h3-9H,1-2H3,(H,16,17)/b15-9-. The quantitative estimate of drug-likeness (QED) is 0.680. The molecule has 0 saturated carbocycles. The van der Waals surface area contributed by atoms with E-state index in [0.717, 1.165) is 5.56 Å². The molecule has 0 aliphatic heterocycles. The Labute approximate surface area is 120 Å². The lowest BCUT2D eigenvalue weighted by atomic mass is 10.2. The van der Waals surface area contributed by atoms with Crippen LogP contribution in [0.4, 0.5) is 0 Å². The monoisotopic (exact) mass is 290 g/mol. The maximum absolute atomic E-state index is 11.7. The zero-order valence-corrected chi connectivity index (χ0v) is 11.9. The molecule has 2 rings (SSSR count). The van der Waals surface area contributed by atoms with E-state index < -0.39 is 0 Å². The van der Waals surface area contributed by atoms with Crippen LogP contribution in [0.2, 0.25) is 0 Å². The third-order valence-corrected chi connectivity index (χ3v) is 3.42. The number of carbonyl (C=O) groups is 1. The van der Waals surface area contributed by atoms with E-state index in [9.17, 15) is 4.79 Å². The van der Waals surface area contributed by atoms with Crippen LogP contribution < -0.4 is 14.9 Å². The van der Waals surface area contributed by atoms with Gasteiger partial charge in [0, 0.05) is 5.56 Å². The summed E-state index contributed by atoms with van der Waals surface area (Å²) in [4.78, 5) is 12.3. The first-order valence-electron chi connectivity index (χ1n) is 5.83. The second-order valence-electron chi connectivity index (χ2n) is 3.78. The molecule has 1 aromatic heterocycles. The van der Waals surface area contributed by atoms with Gasteiger partial charge in [-0.2, -0.15) is 5.10 Å². The Morgan fingerprint density at radius 1 is 1.30 bits per heavy atom. The van der Waals surface area contributed by atoms with Crippen LogP contribution in [0.15, 0.2) is 40.8 Å². The maximum atomic E-state index is 11.7. The fourth-order valence-electron chi connectivity index (χ4n) is 1.56. The highest BCUT2D eigenvalue weighted by molar-refractivity contribution is 7.12. The minimum absolute atomic E-state index is 0.238. The fourth-order valence-corrected chi connectivity index (χ4v) is 2.18. The third kappa shape index (κ3) is 3.36. The van der Waals surface area contributed by atoms with Crippen molar-refractivity contribution in [2.24, 2.45) is 5.10 Å². The molecule has 104 valence electrons. The molecule has 0 bridgehead atoms. The largest absolute Gasteiger partial charge is 0.497 e. The Balaban J connectivity index is 2.09. The Bertz CT molecular complexity index is 609. The molecule has 0 aliphatic rings. The van der Waals surface area contributed by atoms with E-state index in [4.69, 9.17) is 9.47 Å². The molecule has 1 N–H and O–H groups in total. The number of amides is 1. The first-order valence-corrected chi connectivity index (χ1v) is 6.71. The van der Waals surface area contributed by atoms with Gasteiger partial charge >= 0.3 is 0 Å². The Kier molecular flexibility index (Phi) is 4.73. The smallest absolute Gasteiger partial charge is 0.281 e. The lowest BCUT2D eigenvalue weighted by Crippen LogP contribution is -2.16. The van der Waals surface area contributed by atoms with Crippen LogP contribution in [0.1, 0.15) is 15.2 Å². The number of hydrogen-bond donors (Lipinski definition) is 1. The van der Waals surface area contributed by atoms with E-state index in [1.165, 1.54) is 17.6 Å². The first kappa shape index (κ1) is 14.1. The minimum atomic E-state index is -0.238. The maximum Gasteiger partial charge on any atom is 0.281 e. The normalized spacial score (nSPS) is 10.5. The van der Waals surface area contributed by atoms with Gasteiger partial charge in [-0.05, 0) is 29.6 Å². The molecule has 1 aromatic carbocycles. The molecule has 2 aromatic rings. The fraction of sp³-hybridized carbons (Fsp3) is 0.143. The van der Waals surface area contributed by atoms with Gasteiger partial charge in [0.15, 0.2) is 0 Å². The molecule has 0 unspecified atom stereocenters. The van der Waals surface area contributed by atoms with Gasteiger partial charge in [-0.3, -0.25) is 4.79 Å². The van der Waals surface area contributed by atoms with Crippen LogP contribution in [0, 0.1) is 0 Å². The number of rotatable bonds is 5. The molecular weight excluding hydrogens is 276 g/mol. The van der Waals surface area contributed by atoms with Crippen LogP contribution in [0.5, 0.6) is 11.5 Å². The van der Waals surface area contributed by atoms with E-state index in [0.29, 0.717) is 16.4 Å². The van der Waals surface area contributed by atoms with Crippen LogP contribution in [0.25, 0.3) is 0 Å². The van der Waals surface area contributed by atoms with Gasteiger partial charge in [0.05, 0.1) is 25.3 Å². The van der Waals surface area contributed by atoms with Gasteiger partial charge in [-0.1, -0.05) is 6.07 Å². The summed E-state index contributed by atoms with van der Waals surface area (Å²) >= 11 is 1.36. The molecule has 0 radical (unpaired) electrons. The highest BCUT2D eigenvalue weighted by Crippen LogP contribution is 2.22. The lowest BCUT2D eigenvalue weighted by Gasteiger charge is -2.06. The van der Waals surface area contributed by atoms with E-state index in [2.05, 4.69) is 10.5 Å². The zero-order valence-electron chi connectivity index (χ0n) is 11.1. The van der Waals surface area contributed by atoms with Gasteiger partial charge in [-0.15, -0.1) is 11.3 Å². The van der Waals surface area contributed by atoms with Gasteiger partial charge in [0.1, 0.15) is 11.5 Å². The number of ether oxygens (including phenoxy) is 2. The topological polar surface area (TPSA) is 59.9 Å². The molecule has 0 spiro atoms. The summed E-state index contributed by atoms with van der Waals surface area (Å²) in [6, 6.07) is 8.90. The molecule has 1 amide bonds. The van der Waals surface area contributed by atoms with Gasteiger partial charge in [-0.25, -0.2) is 5.43 Å². The van der Waals surface area contributed by atoms with Crippen LogP contribution in [-0.2, 0) is 0 Å². The predicted molar refractivity (Wildman–Crippen MR) is 78.9 cm³/mol. The first-order chi connectivity index (χ1) is 9.74. The van der Waals surface area contributed by atoms with Crippen molar-refractivity contribution in [1.29, 1.82) is 0 Å². The number of hydrogen-bond acceptors (Lipinski definition) is 5. The van der Waals surface area contributed by atoms with Crippen molar-refractivity contribution in [2.45, 2.75) is 0 Å². The summed E-state index contributed by atoms with van der Waals surface area (Å²) < 4.78 is 10.4. The predicted octanol–water partition coefficient (Wildman–Crippen LogP) is 2.53. The van der Waals surface area contributed by atoms with Crippen LogP contribution in [-0.4, -0.2) is 26.3 Å². The Hall–Kier alpha value is -2.34. The lowest BCUT2D eigenvalue weighted by molar-refractivity contribution is 0.0959. The highest BCUT2D eigenvalue weighted by Gasteiger charge is 2.05. The molecule has 0 fully saturated rings. The summed E-state index contributed by atoms with van der Waals surface area (Å²) in [5, 5.41) is 5.77. The number of benzene rings is 1. The molecular formula is C14H14N2O3S. The summed E-state index contributed by atoms with van der Waals surface area (Å²) in [6.45, 7) is 0. The second kappa shape index (κ2) is 6.72. The average molecular weight is 290 g/mol. The number of hydrazone groups is 1. The van der Waals surface area contributed by atoms with Crippen molar-refractivity contribution < 1.29 is 14.3 Å². The van der Waals surface area contributed by atoms with Crippen molar-refractivity contribution in [3.63, 3.8) is 0 Å². The molecule has 0 atom stereocenters. The van der Waals surface area contributed by atoms with Crippen LogP contribution >= 0.6 is 11.3 Å². The van der Waals surface area contributed by atoms with Crippen LogP contribution in [0.3, 0.4) is 0 Å². The number of methoxy groups -OCH3 is 2. The van der Waals surface area contributed by atoms with E-state index >= 15 is 0 Å². The summed E-state index contributed by atoms with van der Waals surface area (Å²) in [7, 11) is 3.16. The van der Waals surface area contributed by atoms with Crippen molar-refractivity contribution in [3.8, 4) is 11.5 Å². The van der Waals surface area contributed by atoms with Crippen molar-refractivity contribution in [1.82, 2.24) is 5.43 Å². The molecule has 1 heterocycles. The van der Waals surface area contributed by atoms with E-state index in [1.54, 1.807) is 38.5 Å². The molecule has 20 heavy (non-hydrogen) atoms. The SMILES string of the molecule is COc1ccc(OC)c(/C=N\NC(=O)c2cccs2)c1. The van der Waals surface area contributed by atoms with Crippen molar-refractivity contribution in [3.05, 3.63) is 46.2 Å². The van der Waals surface area contributed by atoms with E-state index in [-0.39, 0.29) is 5.91 Å². The number of nitrogens with one attached hydrogen (secondary N) is 1. The third-order valence-electron chi connectivity index (χ3n) is 2.55. The summed E-state index contributed by atoms with van der Waals surface area (Å²) in [5.74, 6) is 1.11.